The second-order valence-electron chi connectivity index (χ2n) is 2.50. The van der Waals surface area contributed by atoms with Gasteiger partial charge in [0, 0.05) is 0 Å². The molecule has 76 valence electrons. The molecule has 0 bridgehead atoms. The number of aliphatic carboxylic acids is 1. The zero-order valence-corrected chi connectivity index (χ0v) is 8.72. The molecule has 0 aliphatic rings. The minimum absolute atomic E-state index is 0.399. The number of carboxylic acid groups (broad SMARTS) is 1. The van der Waals surface area contributed by atoms with E-state index in [1.807, 2.05) is 0 Å². The van der Waals surface area contributed by atoms with Crippen LogP contribution in [-0.4, -0.2) is 27.5 Å². The van der Waals surface area contributed by atoms with Crippen molar-refractivity contribution in [2.45, 2.75) is 30.7 Å². The molecule has 0 aromatic heterocycles. The van der Waals surface area contributed by atoms with E-state index in [2.05, 4.69) is 4.74 Å². The number of carbonyl (C=O) groups excluding carboxylic acids is 1. The molecule has 1 N–H and O–H groups in total. The Morgan fingerprint density at radius 3 is 2.31 bits per heavy atom. The van der Waals surface area contributed by atoms with E-state index < -0.39 is 22.4 Å². The molecule has 0 heterocycles. The third kappa shape index (κ3) is 3.40. The summed E-state index contributed by atoms with van der Waals surface area (Å²) in [5.74, 6) is -2.79. The molecule has 4 nitrogen and oxygen atoms in total. The maximum Gasteiger partial charge on any atom is 0.354 e. The fourth-order valence-electron chi connectivity index (χ4n) is 0.427. The molecule has 6 heteroatoms. The first-order chi connectivity index (χ1) is 5.82. The Hall–Kier alpha value is -0.480. The SMILES string of the molecule is CCC(C)OC(=O)C(Cl)(Cl)C(=O)O. The summed E-state index contributed by atoms with van der Waals surface area (Å²) >= 11 is 10.4. The van der Waals surface area contributed by atoms with E-state index >= 15 is 0 Å². The first-order valence-electron chi connectivity index (χ1n) is 3.64. The Kier molecular flexibility index (Phi) is 4.50. The molecule has 0 fully saturated rings. The normalized spacial score (nSPS) is 13.5. The predicted octanol–water partition coefficient (Wildman–Crippen LogP) is 1.59. The van der Waals surface area contributed by atoms with E-state index in [1.165, 1.54) is 0 Å². The van der Waals surface area contributed by atoms with Crippen molar-refractivity contribution in [2.75, 3.05) is 0 Å². The minimum Gasteiger partial charge on any atom is -0.479 e. The summed E-state index contributed by atoms with van der Waals surface area (Å²) in [7, 11) is 0. The van der Waals surface area contributed by atoms with Crippen LogP contribution in [0.5, 0.6) is 0 Å². The van der Waals surface area contributed by atoms with Crippen LogP contribution in [0.1, 0.15) is 20.3 Å². The van der Waals surface area contributed by atoms with Crippen molar-refractivity contribution >= 4 is 35.1 Å². The molecule has 0 aliphatic heterocycles. The summed E-state index contributed by atoms with van der Waals surface area (Å²) < 4.78 is 2.13. The molecular weight excluding hydrogens is 219 g/mol. The average molecular weight is 229 g/mol. The monoisotopic (exact) mass is 228 g/mol. The number of carbonyl (C=O) groups is 2. The number of halogens is 2. The van der Waals surface area contributed by atoms with Gasteiger partial charge in [-0.3, -0.25) is 0 Å². The van der Waals surface area contributed by atoms with Crippen LogP contribution >= 0.6 is 23.2 Å². The number of hydrogen-bond acceptors (Lipinski definition) is 3. The van der Waals surface area contributed by atoms with Gasteiger partial charge in [-0.25, -0.2) is 9.59 Å². The number of ether oxygens (including phenoxy) is 1. The molecule has 0 rings (SSSR count). The van der Waals surface area contributed by atoms with Crippen LogP contribution in [0, 0.1) is 0 Å². The van der Waals surface area contributed by atoms with Gasteiger partial charge in [0.05, 0.1) is 6.10 Å². The van der Waals surface area contributed by atoms with Gasteiger partial charge in [-0.05, 0) is 13.3 Å². The highest BCUT2D eigenvalue weighted by Gasteiger charge is 2.44. The number of rotatable bonds is 4. The van der Waals surface area contributed by atoms with Crippen molar-refractivity contribution in [1.29, 1.82) is 0 Å². The second-order valence-corrected chi connectivity index (χ2v) is 3.83. The van der Waals surface area contributed by atoms with E-state index in [1.54, 1.807) is 13.8 Å². The summed E-state index contributed by atoms with van der Waals surface area (Å²) in [6.45, 7) is 3.40. The van der Waals surface area contributed by atoms with E-state index in [4.69, 9.17) is 28.3 Å². The van der Waals surface area contributed by atoms with Gasteiger partial charge in [0.1, 0.15) is 0 Å². The van der Waals surface area contributed by atoms with Crippen molar-refractivity contribution in [3.05, 3.63) is 0 Å². The van der Waals surface area contributed by atoms with Gasteiger partial charge in [-0.1, -0.05) is 30.1 Å². The fraction of sp³-hybridized carbons (Fsp3) is 0.714. The van der Waals surface area contributed by atoms with Crippen LogP contribution in [0.2, 0.25) is 0 Å². The second kappa shape index (κ2) is 4.67. The van der Waals surface area contributed by atoms with Gasteiger partial charge >= 0.3 is 16.3 Å². The molecule has 0 aromatic carbocycles. The Bertz CT molecular complexity index is 215. The third-order valence-electron chi connectivity index (χ3n) is 1.41. The molecule has 0 spiro atoms. The molecule has 0 amide bonds. The Balaban J connectivity index is 4.34. The molecule has 1 unspecified atom stereocenters. The maximum absolute atomic E-state index is 11.0. The number of alkyl halides is 2. The van der Waals surface area contributed by atoms with Crippen LogP contribution in [0.15, 0.2) is 0 Å². The number of carboxylic acids is 1. The van der Waals surface area contributed by atoms with Crippen molar-refractivity contribution in [2.24, 2.45) is 0 Å². The van der Waals surface area contributed by atoms with Gasteiger partial charge in [0.2, 0.25) is 0 Å². The van der Waals surface area contributed by atoms with E-state index in [-0.39, 0.29) is 0 Å². The number of hydrogen-bond donors (Lipinski definition) is 1. The number of esters is 1. The summed E-state index contributed by atoms with van der Waals surface area (Å²) in [6.07, 6.45) is 0.165. The molecule has 0 aromatic rings. The largest absolute Gasteiger partial charge is 0.479 e. The highest BCUT2D eigenvalue weighted by atomic mass is 35.5. The predicted molar refractivity (Wildman–Crippen MR) is 47.9 cm³/mol. The van der Waals surface area contributed by atoms with Gasteiger partial charge in [-0.15, -0.1) is 0 Å². The van der Waals surface area contributed by atoms with E-state index in [9.17, 15) is 9.59 Å². The lowest BCUT2D eigenvalue weighted by atomic mass is 10.3. The van der Waals surface area contributed by atoms with Gasteiger partial charge in [0.25, 0.3) is 0 Å². The average Bonchev–Trinajstić information content (AvgIpc) is 2.03. The molecule has 1 atom stereocenters. The van der Waals surface area contributed by atoms with Gasteiger partial charge in [-0.2, -0.15) is 0 Å². The smallest absolute Gasteiger partial charge is 0.354 e. The third-order valence-corrected chi connectivity index (χ3v) is 2.04. The van der Waals surface area contributed by atoms with Crippen LogP contribution in [0.25, 0.3) is 0 Å². The topological polar surface area (TPSA) is 63.6 Å². The van der Waals surface area contributed by atoms with E-state index in [0.29, 0.717) is 6.42 Å². The maximum atomic E-state index is 11.0. The molecule has 0 saturated carbocycles. The Morgan fingerprint density at radius 1 is 1.54 bits per heavy atom. The van der Waals surface area contributed by atoms with Crippen LogP contribution < -0.4 is 0 Å². The lowest BCUT2D eigenvalue weighted by Crippen LogP contribution is -2.38. The zero-order chi connectivity index (χ0) is 10.6. The van der Waals surface area contributed by atoms with Gasteiger partial charge < -0.3 is 9.84 Å². The highest BCUT2D eigenvalue weighted by Crippen LogP contribution is 2.23. The highest BCUT2D eigenvalue weighted by molar-refractivity contribution is 6.66. The molecule has 13 heavy (non-hydrogen) atoms. The summed E-state index contributed by atoms with van der Waals surface area (Å²) in [5.41, 5.74) is 0. The van der Waals surface area contributed by atoms with E-state index in [0.717, 1.165) is 0 Å². The fourth-order valence-corrected chi connectivity index (χ4v) is 0.516. The Labute approximate surface area is 85.8 Å². The zero-order valence-electron chi connectivity index (χ0n) is 7.21. The standard InChI is InChI=1S/C7H10Cl2O4/c1-3-4(2)13-6(12)7(8,9)5(10)11/h4H,3H2,1-2H3,(H,10,11). The first kappa shape index (κ1) is 12.5. The van der Waals surface area contributed by atoms with Crippen molar-refractivity contribution < 1.29 is 19.4 Å². The lowest BCUT2D eigenvalue weighted by Gasteiger charge is -2.16. The van der Waals surface area contributed by atoms with Crippen LogP contribution in [-0.2, 0) is 14.3 Å². The first-order valence-corrected chi connectivity index (χ1v) is 4.40. The summed E-state index contributed by atoms with van der Waals surface area (Å²) in [5, 5.41) is 8.43. The summed E-state index contributed by atoms with van der Waals surface area (Å²) in [4.78, 5) is 21.4. The van der Waals surface area contributed by atoms with Crippen molar-refractivity contribution in [3.63, 3.8) is 0 Å². The molecule has 0 aliphatic carbocycles. The van der Waals surface area contributed by atoms with Crippen LogP contribution in [0.3, 0.4) is 0 Å². The molecule has 0 radical (unpaired) electrons. The minimum atomic E-state index is -2.51. The summed E-state index contributed by atoms with van der Waals surface area (Å²) in [6, 6.07) is 0. The van der Waals surface area contributed by atoms with Crippen molar-refractivity contribution in [3.8, 4) is 0 Å². The molecular formula is C7H10Cl2O4. The van der Waals surface area contributed by atoms with Crippen molar-refractivity contribution in [1.82, 2.24) is 0 Å². The lowest BCUT2D eigenvalue weighted by molar-refractivity contribution is -0.155. The molecule has 0 saturated heterocycles. The van der Waals surface area contributed by atoms with Crippen LogP contribution in [0.4, 0.5) is 0 Å². The Morgan fingerprint density at radius 2 is 2.00 bits per heavy atom. The quantitative estimate of drug-likeness (QED) is 0.451. The van der Waals surface area contributed by atoms with Gasteiger partial charge in [0.15, 0.2) is 0 Å².